The minimum absolute atomic E-state index is 0.0337. The van der Waals surface area contributed by atoms with Crippen LogP contribution in [0.15, 0.2) is 140 Å². The first-order valence-corrected chi connectivity index (χ1v) is 20.9. The molecule has 8 rings (SSSR count). The molecule has 12 nitrogen and oxygen atoms in total. The Hall–Kier alpha value is -5.05. The lowest BCUT2D eigenvalue weighted by atomic mass is 10.00. The SMILES string of the molecule is NCC(O)CN1CCC(OC(c2ccccc2)c2ccccc2)CC1.OC(CNc1ccc2ncnn2n1)CN1CCC(OC(c2ccccc2)c2ccccc2)CC1. The lowest BCUT2D eigenvalue weighted by Crippen LogP contribution is -2.43. The van der Waals surface area contributed by atoms with E-state index in [1.54, 1.807) is 0 Å². The van der Waals surface area contributed by atoms with Gasteiger partial charge in [0.1, 0.15) is 24.4 Å². The van der Waals surface area contributed by atoms with Crippen LogP contribution in [0.3, 0.4) is 0 Å². The topological polar surface area (TPSA) is 147 Å². The molecule has 2 saturated heterocycles. The van der Waals surface area contributed by atoms with Gasteiger partial charge in [0.15, 0.2) is 5.65 Å². The van der Waals surface area contributed by atoms with Gasteiger partial charge in [-0.3, -0.25) is 0 Å². The second-order valence-corrected chi connectivity index (χ2v) is 15.4. The summed E-state index contributed by atoms with van der Waals surface area (Å²) in [5.74, 6) is 0.664. The summed E-state index contributed by atoms with van der Waals surface area (Å²) in [7, 11) is 0. The van der Waals surface area contributed by atoms with Crippen molar-refractivity contribution in [3.8, 4) is 0 Å². The Morgan fingerprint density at radius 1 is 0.593 bits per heavy atom. The third kappa shape index (κ3) is 12.5. The smallest absolute Gasteiger partial charge is 0.176 e. The number of aliphatic hydroxyl groups excluding tert-OH is 2. The third-order valence-corrected chi connectivity index (χ3v) is 11.0. The van der Waals surface area contributed by atoms with Gasteiger partial charge < -0.3 is 40.5 Å². The molecule has 4 heterocycles. The van der Waals surface area contributed by atoms with Crippen LogP contribution < -0.4 is 11.1 Å². The number of piperidine rings is 2. The molecule has 0 amide bonds. The summed E-state index contributed by atoms with van der Waals surface area (Å²) in [4.78, 5) is 8.67. The van der Waals surface area contributed by atoms with Gasteiger partial charge in [0, 0.05) is 52.4 Å². The van der Waals surface area contributed by atoms with E-state index in [2.05, 4.69) is 127 Å². The largest absolute Gasteiger partial charge is 0.390 e. The van der Waals surface area contributed by atoms with Crippen LogP contribution in [0.5, 0.6) is 0 Å². The van der Waals surface area contributed by atoms with Crippen molar-refractivity contribution in [2.24, 2.45) is 5.73 Å². The maximum absolute atomic E-state index is 10.5. The number of benzene rings is 4. The van der Waals surface area contributed by atoms with Crippen molar-refractivity contribution in [1.82, 2.24) is 29.6 Å². The van der Waals surface area contributed by atoms with Gasteiger partial charge in [-0.1, -0.05) is 121 Å². The zero-order valence-corrected chi connectivity index (χ0v) is 33.7. The van der Waals surface area contributed by atoms with Crippen LogP contribution in [0.25, 0.3) is 5.65 Å². The van der Waals surface area contributed by atoms with Gasteiger partial charge in [0.2, 0.25) is 0 Å². The van der Waals surface area contributed by atoms with Crippen molar-refractivity contribution in [3.05, 3.63) is 162 Å². The fourth-order valence-corrected chi connectivity index (χ4v) is 7.82. The fraction of sp³-hybridized carbons (Fsp3) is 0.383. The number of fused-ring (bicyclic) bond motifs is 1. The molecule has 4 aromatic carbocycles. The van der Waals surface area contributed by atoms with E-state index in [1.165, 1.54) is 33.2 Å². The Balaban J connectivity index is 0.000000188. The minimum atomic E-state index is -0.493. The number of aromatic nitrogens is 4. The summed E-state index contributed by atoms with van der Waals surface area (Å²) in [5.41, 5.74) is 10.9. The Morgan fingerprint density at radius 3 is 1.44 bits per heavy atom. The van der Waals surface area contributed by atoms with Crippen LogP contribution in [0, 0.1) is 0 Å². The predicted molar refractivity (Wildman–Crippen MR) is 231 cm³/mol. The average molecular weight is 799 g/mol. The average Bonchev–Trinajstić information content (AvgIpc) is 3.77. The zero-order chi connectivity index (χ0) is 40.7. The summed E-state index contributed by atoms with van der Waals surface area (Å²) in [5, 5.41) is 31.8. The van der Waals surface area contributed by atoms with Crippen LogP contribution >= 0.6 is 0 Å². The lowest BCUT2D eigenvalue weighted by molar-refractivity contribution is -0.0320. The first-order valence-electron chi connectivity index (χ1n) is 20.9. The first kappa shape index (κ1) is 42.1. The first-order chi connectivity index (χ1) is 29.0. The van der Waals surface area contributed by atoms with Crippen molar-refractivity contribution >= 4 is 11.5 Å². The van der Waals surface area contributed by atoms with Gasteiger partial charge in [0.05, 0.1) is 24.4 Å². The van der Waals surface area contributed by atoms with Crippen LogP contribution in [0.1, 0.15) is 60.1 Å². The van der Waals surface area contributed by atoms with Crippen molar-refractivity contribution in [1.29, 1.82) is 0 Å². The van der Waals surface area contributed by atoms with Crippen molar-refractivity contribution in [2.45, 2.75) is 62.3 Å². The van der Waals surface area contributed by atoms with Crippen molar-refractivity contribution in [2.75, 3.05) is 57.7 Å². The summed E-state index contributed by atoms with van der Waals surface area (Å²) in [6.07, 6.45) is 4.72. The quantitative estimate of drug-likeness (QED) is 0.0951. The molecule has 2 aliphatic rings. The fourth-order valence-electron chi connectivity index (χ4n) is 7.82. The Kier molecular flexibility index (Phi) is 15.6. The van der Waals surface area contributed by atoms with Crippen molar-refractivity contribution < 1.29 is 19.7 Å². The number of hydrogen-bond donors (Lipinski definition) is 4. The molecule has 0 saturated carbocycles. The van der Waals surface area contributed by atoms with Crippen LogP contribution in [0.4, 0.5) is 5.82 Å². The second kappa shape index (κ2) is 21.8. The van der Waals surface area contributed by atoms with Gasteiger partial charge in [-0.2, -0.15) is 0 Å². The van der Waals surface area contributed by atoms with E-state index in [0.29, 0.717) is 37.6 Å². The highest BCUT2D eigenvalue weighted by atomic mass is 16.5. The number of anilines is 1. The molecule has 2 aliphatic heterocycles. The molecule has 0 bridgehead atoms. The third-order valence-electron chi connectivity index (χ3n) is 11.0. The van der Waals surface area contributed by atoms with Gasteiger partial charge in [0.25, 0.3) is 0 Å². The number of likely N-dealkylation sites (tertiary alicyclic amines) is 2. The molecular formula is C47H58N8O4. The number of β-amino-alcohol motifs (C(OH)–C–C–N with tert-alkyl or cyclic N) is 2. The number of aliphatic hydroxyl groups is 2. The van der Waals surface area contributed by atoms with E-state index in [-0.39, 0.29) is 24.4 Å². The molecular weight excluding hydrogens is 741 g/mol. The molecule has 2 fully saturated rings. The summed E-state index contributed by atoms with van der Waals surface area (Å²) in [6.45, 7) is 5.71. The van der Waals surface area contributed by atoms with Crippen molar-refractivity contribution in [3.63, 3.8) is 0 Å². The number of nitrogens with one attached hydrogen (secondary N) is 1. The van der Waals surface area contributed by atoms with E-state index in [4.69, 9.17) is 15.2 Å². The molecule has 310 valence electrons. The minimum Gasteiger partial charge on any atom is -0.390 e. The Labute approximate surface area is 347 Å². The number of nitrogens with zero attached hydrogens (tertiary/aromatic N) is 6. The van der Waals surface area contributed by atoms with Crippen LogP contribution in [-0.2, 0) is 9.47 Å². The molecule has 2 atom stereocenters. The second-order valence-electron chi connectivity index (χ2n) is 15.4. The van der Waals surface area contributed by atoms with Gasteiger partial charge in [-0.15, -0.1) is 14.8 Å². The van der Waals surface area contributed by atoms with Gasteiger partial charge in [-0.05, 0) is 60.1 Å². The number of nitrogens with two attached hydrogens (primary N) is 1. The maximum Gasteiger partial charge on any atom is 0.176 e. The van der Waals surface area contributed by atoms with E-state index >= 15 is 0 Å². The number of hydrogen-bond acceptors (Lipinski definition) is 11. The van der Waals surface area contributed by atoms with E-state index < -0.39 is 12.2 Å². The van der Waals surface area contributed by atoms with Crippen LogP contribution in [-0.4, -0.2) is 117 Å². The molecule has 0 aliphatic carbocycles. The standard InChI is InChI=1S/C26H30N6O2.C21H28N2O2/c33-22(17-27-24-11-12-25-28-19-29-32(25)30-24)18-31-15-13-23(14-16-31)34-26(20-7-3-1-4-8-20)21-9-5-2-6-10-21;22-15-19(24)16-23-13-11-20(12-14-23)25-21(17-7-3-1-4-8-17)18-9-5-2-6-10-18/h1-12,19,22-23,26,33H,13-18H2,(H,27,30);1-10,19-21,24H,11-16,22H2. The predicted octanol–water partition coefficient (Wildman–Crippen LogP) is 5.74. The van der Waals surface area contributed by atoms with Crippen LogP contribution in [0.2, 0.25) is 0 Å². The van der Waals surface area contributed by atoms with E-state index in [1.807, 2.05) is 36.4 Å². The highest BCUT2D eigenvalue weighted by Gasteiger charge is 2.27. The summed E-state index contributed by atoms with van der Waals surface area (Å²) < 4.78 is 14.6. The molecule has 6 aromatic rings. The summed E-state index contributed by atoms with van der Waals surface area (Å²) in [6, 6.07) is 45.4. The van der Waals surface area contributed by atoms with Gasteiger partial charge >= 0.3 is 0 Å². The molecule has 12 heteroatoms. The molecule has 5 N–H and O–H groups in total. The molecule has 2 unspecified atom stereocenters. The number of rotatable bonds is 16. The van der Waals surface area contributed by atoms with E-state index in [9.17, 15) is 10.2 Å². The molecule has 59 heavy (non-hydrogen) atoms. The monoisotopic (exact) mass is 798 g/mol. The highest BCUT2D eigenvalue weighted by molar-refractivity contribution is 5.42. The lowest BCUT2D eigenvalue weighted by Gasteiger charge is -2.35. The molecule has 2 aromatic heterocycles. The highest BCUT2D eigenvalue weighted by Crippen LogP contribution is 2.31. The number of ether oxygens (including phenoxy) is 2. The maximum atomic E-state index is 10.5. The Bertz CT molecular complexity index is 1980. The zero-order valence-electron chi connectivity index (χ0n) is 33.7. The molecule has 0 spiro atoms. The molecule has 0 radical (unpaired) electrons. The Morgan fingerprint density at radius 2 is 1.02 bits per heavy atom. The van der Waals surface area contributed by atoms with E-state index in [0.717, 1.165) is 51.9 Å². The summed E-state index contributed by atoms with van der Waals surface area (Å²) >= 11 is 0. The normalized spacial score (nSPS) is 16.8. The van der Waals surface area contributed by atoms with Gasteiger partial charge in [-0.25, -0.2) is 4.98 Å².